The summed E-state index contributed by atoms with van der Waals surface area (Å²) in [7, 11) is 0. The lowest BCUT2D eigenvalue weighted by molar-refractivity contribution is 0.130. The van der Waals surface area contributed by atoms with E-state index < -0.39 is 0 Å². The molecular formula is C18H25N5O2. The number of carbonyl (C=O) groups excluding carboxylic acids is 1. The van der Waals surface area contributed by atoms with Crippen LogP contribution >= 0.6 is 0 Å². The Kier molecular flexibility index (Phi) is 5.65. The normalized spacial score (nSPS) is 18.8. The van der Waals surface area contributed by atoms with Crippen molar-refractivity contribution >= 4 is 6.03 Å². The molecule has 2 heterocycles. The lowest BCUT2D eigenvalue weighted by atomic mass is 10.00. The molecule has 3 rings (SSSR count). The average molecular weight is 343 g/mol. The number of hydrogen-bond acceptors (Lipinski definition) is 4. The third kappa shape index (κ3) is 4.17. The molecular weight excluding hydrogens is 318 g/mol. The van der Waals surface area contributed by atoms with Crippen LogP contribution in [0, 0.1) is 0 Å². The summed E-state index contributed by atoms with van der Waals surface area (Å²) in [6, 6.07) is 7.90. The molecule has 2 unspecified atom stereocenters. The molecule has 134 valence electrons. The monoisotopic (exact) mass is 343 g/mol. The van der Waals surface area contributed by atoms with Gasteiger partial charge in [0.1, 0.15) is 12.7 Å². The van der Waals surface area contributed by atoms with Crippen molar-refractivity contribution in [2.24, 2.45) is 0 Å². The summed E-state index contributed by atoms with van der Waals surface area (Å²) >= 11 is 0. The Morgan fingerprint density at radius 3 is 2.84 bits per heavy atom. The third-order valence-corrected chi connectivity index (χ3v) is 4.77. The van der Waals surface area contributed by atoms with Crippen LogP contribution in [0.4, 0.5) is 4.79 Å². The largest absolute Gasteiger partial charge is 0.396 e. The van der Waals surface area contributed by atoms with Crippen LogP contribution in [-0.4, -0.2) is 50.0 Å². The number of amides is 2. The molecule has 0 spiro atoms. The summed E-state index contributed by atoms with van der Waals surface area (Å²) in [6.07, 6.45) is 6.91. The maximum atomic E-state index is 12.6. The first-order valence-corrected chi connectivity index (χ1v) is 8.82. The van der Waals surface area contributed by atoms with E-state index in [1.807, 2.05) is 36.1 Å². The van der Waals surface area contributed by atoms with Gasteiger partial charge in [-0.15, -0.1) is 0 Å². The number of aliphatic hydroxyl groups excluding tert-OH is 1. The summed E-state index contributed by atoms with van der Waals surface area (Å²) in [4.78, 5) is 18.4. The van der Waals surface area contributed by atoms with E-state index in [0.717, 1.165) is 37.1 Å². The van der Waals surface area contributed by atoms with Gasteiger partial charge in [-0.05, 0) is 50.3 Å². The van der Waals surface area contributed by atoms with Crippen molar-refractivity contribution in [2.75, 3.05) is 13.2 Å². The zero-order valence-corrected chi connectivity index (χ0v) is 14.5. The van der Waals surface area contributed by atoms with Gasteiger partial charge in [0.05, 0.1) is 11.7 Å². The lowest BCUT2D eigenvalue weighted by Crippen LogP contribution is -2.49. The standard InChI is InChI=1S/C18H25N5O2/c1-14(15-5-7-17(8-6-15)23-13-19-12-20-23)21-18(25)22-10-3-2-4-16(22)9-11-24/h5-8,12-14,16,24H,2-4,9-11H2,1H3,(H,21,25). The second kappa shape index (κ2) is 8.11. The van der Waals surface area contributed by atoms with E-state index in [9.17, 15) is 9.90 Å². The maximum absolute atomic E-state index is 12.6. The zero-order valence-electron chi connectivity index (χ0n) is 14.5. The van der Waals surface area contributed by atoms with E-state index in [-0.39, 0.29) is 24.7 Å². The molecule has 1 aromatic heterocycles. The first kappa shape index (κ1) is 17.4. The summed E-state index contributed by atoms with van der Waals surface area (Å²) in [6.45, 7) is 2.86. The Morgan fingerprint density at radius 1 is 1.36 bits per heavy atom. The van der Waals surface area contributed by atoms with Crippen LogP contribution in [0.2, 0.25) is 0 Å². The van der Waals surface area contributed by atoms with Crippen LogP contribution in [0.25, 0.3) is 5.69 Å². The number of aromatic nitrogens is 3. The molecule has 1 fully saturated rings. The predicted octanol–water partition coefficient (Wildman–Crippen LogP) is 2.27. The van der Waals surface area contributed by atoms with Crippen molar-refractivity contribution in [1.29, 1.82) is 0 Å². The first-order valence-electron chi connectivity index (χ1n) is 8.82. The van der Waals surface area contributed by atoms with E-state index in [1.54, 1.807) is 11.0 Å². The molecule has 7 heteroatoms. The molecule has 2 amide bonds. The van der Waals surface area contributed by atoms with Gasteiger partial charge in [-0.1, -0.05) is 12.1 Å². The van der Waals surface area contributed by atoms with Crippen LogP contribution in [0.15, 0.2) is 36.9 Å². The Labute approximate surface area is 147 Å². The SMILES string of the molecule is CC(NC(=O)N1CCCCC1CCO)c1ccc(-n2cncn2)cc1. The average Bonchev–Trinajstić information content (AvgIpc) is 3.17. The molecule has 2 N–H and O–H groups in total. The van der Waals surface area contributed by atoms with Gasteiger partial charge in [-0.2, -0.15) is 5.10 Å². The van der Waals surface area contributed by atoms with Crippen LogP contribution in [0.5, 0.6) is 0 Å². The van der Waals surface area contributed by atoms with Gasteiger partial charge < -0.3 is 15.3 Å². The highest BCUT2D eigenvalue weighted by Gasteiger charge is 2.27. The van der Waals surface area contributed by atoms with Crippen molar-refractivity contribution in [1.82, 2.24) is 25.0 Å². The third-order valence-electron chi connectivity index (χ3n) is 4.77. The molecule has 1 aromatic carbocycles. The number of likely N-dealkylation sites (tertiary alicyclic amines) is 1. The van der Waals surface area contributed by atoms with E-state index in [2.05, 4.69) is 15.4 Å². The van der Waals surface area contributed by atoms with Gasteiger partial charge in [-0.25, -0.2) is 14.5 Å². The minimum Gasteiger partial charge on any atom is -0.396 e. The zero-order chi connectivity index (χ0) is 17.6. The van der Waals surface area contributed by atoms with Crippen LogP contribution in [-0.2, 0) is 0 Å². The highest BCUT2D eigenvalue weighted by Crippen LogP contribution is 2.21. The number of carbonyl (C=O) groups is 1. The Morgan fingerprint density at radius 2 is 2.16 bits per heavy atom. The van der Waals surface area contributed by atoms with E-state index in [4.69, 9.17) is 0 Å². The minimum atomic E-state index is -0.0889. The topological polar surface area (TPSA) is 83.3 Å². The van der Waals surface area contributed by atoms with Crippen molar-refractivity contribution in [2.45, 2.75) is 44.7 Å². The summed E-state index contributed by atoms with van der Waals surface area (Å²) in [5, 5.41) is 16.4. The fourth-order valence-electron chi connectivity index (χ4n) is 3.33. The number of urea groups is 1. The number of piperidine rings is 1. The smallest absolute Gasteiger partial charge is 0.318 e. The fraction of sp³-hybridized carbons (Fsp3) is 0.500. The van der Waals surface area contributed by atoms with Crippen LogP contribution < -0.4 is 5.32 Å². The number of hydrogen-bond donors (Lipinski definition) is 2. The van der Waals surface area contributed by atoms with Crippen LogP contribution in [0.1, 0.15) is 44.2 Å². The summed E-state index contributed by atoms with van der Waals surface area (Å²) < 4.78 is 1.69. The Balaban J connectivity index is 1.62. The molecule has 25 heavy (non-hydrogen) atoms. The molecule has 1 aliphatic heterocycles. The van der Waals surface area contributed by atoms with Gasteiger partial charge in [0.25, 0.3) is 0 Å². The summed E-state index contributed by atoms with van der Waals surface area (Å²) in [5.41, 5.74) is 1.96. The molecule has 2 atom stereocenters. The first-order chi connectivity index (χ1) is 12.2. The van der Waals surface area contributed by atoms with Crippen molar-refractivity contribution < 1.29 is 9.90 Å². The lowest BCUT2D eigenvalue weighted by Gasteiger charge is -2.36. The highest BCUT2D eigenvalue weighted by molar-refractivity contribution is 5.75. The highest BCUT2D eigenvalue weighted by atomic mass is 16.3. The van der Waals surface area contributed by atoms with Crippen molar-refractivity contribution in [3.05, 3.63) is 42.5 Å². The van der Waals surface area contributed by atoms with E-state index in [1.165, 1.54) is 6.33 Å². The number of benzene rings is 1. The summed E-state index contributed by atoms with van der Waals surface area (Å²) in [5.74, 6) is 0. The number of aliphatic hydroxyl groups is 1. The van der Waals surface area contributed by atoms with E-state index in [0.29, 0.717) is 6.42 Å². The molecule has 1 saturated heterocycles. The second-order valence-corrected chi connectivity index (χ2v) is 6.46. The molecule has 7 nitrogen and oxygen atoms in total. The molecule has 2 aromatic rings. The van der Waals surface area contributed by atoms with E-state index >= 15 is 0 Å². The Bertz CT molecular complexity index is 669. The quantitative estimate of drug-likeness (QED) is 0.872. The van der Waals surface area contributed by atoms with Gasteiger partial charge in [0, 0.05) is 19.2 Å². The van der Waals surface area contributed by atoms with Gasteiger partial charge in [0.15, 0.2) is 0 Å². The molecule has 1 aliphatic rings. The predicted molar refractivity (Wildman–Crippen MR) is 94.4 cm³/mol. The molecule has 0 radical (unpaired) electrons. The molecule has 0 aliphatic carbocycles. The van der Waals surface area contributed by atoms with Gasteiger partial charge in [0.2, 0.25) is 0 Å². The fourth-order valence-corrected chi connectivity index (χ4v) is 3.33. The second-order valence-electron chi connectivity index (χ2n) is 6.46. The maximum Gasteiger partial charge on any atom is 0.318 e. The van der Waals surface area contributed by atoms with Crippen molar-refractivity contribution in [3.8, 4) is 5.69 Å². The van der Waals surface area contributed by atoms with Crippen LogP contribution in [0.3, 0.4) is 0 Å². The Hall–Kier alpha value is -2.41. The minimum absolute atomic E-state index is 0.0500. The number of rotatable bonds is 5. The number of nitrogens with one attached hydrogen (secondary N) is 1. The van der Waals surface area contributed by atoms with Gasteiger partial charge in [-0.3, -0.25) is 0 Å². The van der Waals surface area contributed by atoms with Crippen molar-refractivity contribution in [3.63, 3.8) is 0 Å². The molecule has 0 bridgehead atoms. The van der Waals surface area contributed by atoms with Gasteiger partial charge >= 0.3 is 6.03 Å². The number of nitrogens with zero attached hydrogens (tertiary/aromatic N) is 4. The molecule has 0 saturated carbocycles.